The molecule has 108 valence electrons. The van der Waals surface area contributed by atoms with Crippen LogP contribution in [0.4, 0.5) is 0 Å². The molecule has 0 bridgehead atoms. The Balaban J connectivity index is 2.84. The van der Waals surface area contributed by atoms with Crippen LogP contribution in [0.3, 0.4) is 0 Å². The summed E-state index contributed by atoms with van der Waals surface area (Å²) < 4.78 is 1.50. The maximum absolute atomic E-state index is 10.6. The maximum Gasteiger partial charge on any atom is 0.273 e. The fraction of sp³-hybridized carbons (Fsp3) is 0. The third kappa shape index (κ3) is 3.24. The number of rotatable bonds is 3. The van der Waals surface area contributed by atoms with Crippen molar-refractivity contribution in [2.75, 3.05) is 0 Å². The lowest BCUT2D eigenvalue weighted by molar-refractivity contribution is -0.579. The first kappa shape index (κ1) is 15.5. The van der Waals surface area contributed by atoms with Gasteiger partial charge in [-0.1, -0.05) is 36.4 Å². The molecule has 0 aliphatic rings. The summed E-state index contributed by atoms with van der Waals surface area (Å²) in [6, 6.07) is 19.1. The van der Waals surface area contributed by atoms with E-state index in [0.29, 0.717) is 5.56 Å². The molecule has 23 heavy (non-hydrogen) atoms. The van der Waals surface area contributed by atoms with Gasteiger partial charge in [-0.3, -0.25) is 0 Å². The summed E-state index contributed by atoms with van der Waals surface area (Å²) >= 11 is 0. The predicted octanol–water partition coefficient (Wildman–Crippen LogP) is 2.73. The maximum atomic E-state index is 10.6. The van der Waals surface area contributed by atoms with Gasteiger partial charge in [-0.15, -0.1) is 0 Å². The Morgan fingerprint density at radius 2 is 1.39 bits per heavy atom. The second-order valence-electron chi connectivity index (χ2n) is 4.43. The molecule has 0 fully saturated rings. The average molecular weight is 299 g/mol. The number of hydrogen-bond donors (Lipinski definition) is 1. The molecule has 0 amide bonds. The fourth-order valence-electron chi connectivity index (χ4n) is 2.01. The van der Waals surface area contributed by atoms with E-state index in [1.54, 1.807) is 73.1 Å². The molecule has 1 aromatic carbocycles. The Bertz CT molecular complexity index is 876. The van der Waals surface area contributed by atoms with E-state index in [-0.39, 0.29) is 22.6 Å². The lowest BCUT2D eigenvalue weighted by Gasteiger charge is -2.05. The van der Waals surface area contributed by atoms with Crippen LogP contribution in [0, 0.1) is 34.0 Å². The summed E-state index contributed by atoms with van der Waals surface area (Å²) in [5, 5.41) is 38.2. The van der Waals surface area contributed by atoms with Crippen molar-refractivity contribution in [3.8, 4) is 18.2 Å². The van der Waals surface area contributed by atoms with Gasteiger partial charge in [0.25, 0.3) is 5.70 Å². The molecule has 5 nitrogen and oxygen atoms in total. The molecule has 0 aliphatic carbocycles. The van der Waals surface area contributed by atoms with E-state index < -0.39 is 0 Å². The monoisotopic (exact) mass is 299 g/mol. The molecular weight excluding hydrogens is 288 g/mol. The van der Waals surface area contributed by atoms with Crippen molar-refractivity contribution < 1.29 is 9.67 Å². The minimum atomic E-state index is -0.360. The highest BCUT2D eigenvalue weighted by Gasteiger charge is 2.26. The Hall–Kier alpha value is -3.88. The van der Waals surface area contributed by atoms with E-state index in [1.165, 1.54) is 4.57 Å². The first-order chi connectivity index (χ1) is 11.2. The van der Waals surface area contributed by atoms with Gasteiger partial charge in [-0.25, -0.2) is 0 Å². The van der Waals surface area contributed by atoms with Gasteiger partial charge in [0.2, 0.25) is 0 Å². The van der Waals surface area contributed by atoms with E-state index in [0.717, 1.165) is 0 Å². The minimum Gasteiger partial charge on any atom is -0.502 e. The zero-order valence-corrected chi connectivity index (χ0v) is 12.0. The number of nitriles is 3. The van der Waals surface area contributed by atoms with Crippen LogP contribution in [0.15, 0.2) is 72.1 Å². The van der Waals surface area contributed by atoms with Gasteiger partial charge in [-0.05, 0) is 0 Å². The zero-order chi connectivity index (χ0) is 16.7. The van der Waals surface area contributed by atoms with Gasteiger partial charge in [0.15, 0.2) is 29.3 Å². The molecule has 2 rings (SSSR count). The zero-order valence-electron chi connectivity index (χ0n) is 12.0. The number of nitrogens with zero attached hydrogens (tertiary/aromatic N) is 4. The fourth-order valence-corrected chi connectivity index (χ4v) is 2.01. The number of aliphatic hydroxyl groups is 1. The van der Waals surface area contributed by atoms with E-state index in [4.69, 9.17) is 10.5 Å². The van der Waals surface area contributed by atoms with Gasteiger partial charge < -0.3 is 5.11 Å². The van der Waals surface area contributed by atoms with Crippen molar-refractivity contribution in [1.82, 2.24) is 0 Å². The summed E-state index contributed by atoms with van der Waals surface area (Å²) in [7, 11) is 0. The van der Waals surface area contributed by atoms with E-state index in [1.807, 2.05) is 6.07 Å². The highest BCUT2D eigenvalue weighted by molar-refractivity contribution is 5.86. The largest absolute Gasteiger partial charge is 0.502 e. The molecule has 0 unspecified atom stereocenters. The van der Waals surface area contributed by atoms with Crippen molar-refractivity contribution in [3.63, 3.8) is 0 Å². The molecule has 5 heteroatoms. The Morgan fingerprint density at radius 3 is 1.91 bits per heavy atom. The minimum absolute atomic E-state index is 0.0809. The molecular formula is C18H11N4O+. The Morgan fingerprint density at radius 1 is 0.826 bits per heavy atom. The standard InChI is InChI=1S/C18H10N4O/c19-11-15(12-20)16(13-21)17(22-9-5-2-6-10-22)18(23)14-7-3-1-4-8-14/h1-10H/p+1. The van der Waals surface area contributed by atoms with Crippen LogP contribution in [-0.4, -0.2) is 5.11 Å². The van der Waals surface area contributed by atoms with Crippen LogP contribution in [0.1, 0.15) is 5.56 Å². The molecule has 0 radical (unpaired) electrons. The molecule has 1 heterocycles. The Kier molecular flexibility index (Phi) is 4.87. The third-order valence-corrected chi connectivity index (χ3v) is 3.07. The summed E-state index contributed by atoms with van der Waals surface area (Å²) in [5.41, 5.74) is 0.00752. The molecule has 1 N–H and O–H groups in total. The molecule has 0 atom stereocenters. The van der Waals surface area contributed by atoms with Crippen molar-refractivity contribution in [2.24, 2.45) is 0 Å². The third-order valence-electron chi connectivity index (χ3n) is 3.07. The number of hydrogen-bond acceptors (Lipinski definition) is 4. The quantitative estimate of drug-likeness (QED) is 0.408. The van der Waals surface area contributed by atoms with Crippen LogP contribution < -0.4 is 4.57 Å². The summed E-state index contributed by atoms with van der Waals surface area (Å²) in [6.07, 6.45) is 3.25. The topological polar surface area (TPSA) is 95.5 Å². The predicted molar refractivity (Wildman–Crippen MR) is 82.7 cm³/mol. The normalized spacial score (nSPS) is 10.5. The number of aliphatic hydroxyl groups excluding tert-OH is 1. The summed E-state index contributed by atoms with van der Waals surface area (Å²) in [5.74, 6) is -0.193. The van der Waals surface area contributed by atoms with E-state index in [9.17, 15) is 10.4 Å². The van der Waals surface area contributed by atoms with E-state index in [2.05, 4.69) is 0 Å². The van der Waals surface area contributed by atoms with Crippen molar-refractivity contribution >= 4 is 11.5 Å². The van der Waals surface area contributed by atoms with Crippen LogP contribution in [0.25, 0.3) is 11.5 Å². The summed E-state index contributed by atoms with van der Waals surface area (Å²) in [4.78, 5) is 0. The highest BCUT2D eigenvalue weighted by Crippen LogP contribution is 2.23. The van der Waals surface area contributed by atoms with E-state index >= 15 is 0 Å². The first-order valence-electron chi connectivity index (χ1n) is 6.63. The van der Waals surface area contributed by atoms with Gasteiger partial charge in [0.1, 0.15) is 18.2 Å². The molecule has 0 saturated carbocycles. The van der Waals surface area contributed by atoms with Crippen LogP contribution in [0.5, 0.6) is 0 Å². The van der Waals surface area contributed by atoms with Crippen molar-refractivity contribution in [3.05, 3.63) is 77.6 Å². The van der Waals surface area contributed by atoms with Gasteiger partial charge in [0, 0.05) is 17.7 Å². The van der Waals surface area contributed by atoms with Gasteiger partial charge in [-0.2, -0.15) is 20.4 Å². The van der Waals surface area contributed by atoms with Crippen molar-refractivity contribution in [2.45, 2.75) is 0 Å². The van der Waals surface area contributed by atoms with Crippen molar-refractivity contribution in [1.29, 1.82) is 15.8 Å². The SMILES string of the molecule is N#CC(C#N)=C(C#N)C(=C(O)c1ccccc1)[n+]1ccccc1. The van der Waals surface area contributed by atoms with Gasteiger partial charge >= 0.3 is 0 Å². The average Bonchev–Trinajstić information content (AvgIpc) is 2.63. The molecule has 1 aromatic heterocycles. The first-order valence-corrected chi connectivity index (χ1v) is 6.63. The Labute approximate surface area is 133 Å². The highest BCUT2D eigenvalue weighted by atomic mass is 16.3. The molecule has 0 saturated heterocycles. The number of aromatic nitrogens is 1. The lowest BCUT2D eigenvalue weighted by Crippen LogP contribution is -2.33. The van der Waals surface area contributed by atoms with Crippen LogP contribution >= 0.6 is 0 Å². The molecule has 0 aliphatic heterocycles. The lowest BCUT2D eigenvalue weighted by atomic mass is 10.0. The second-order valence-corrected chi connectivity index (χ2v) is 4.43. The second kappa shape index (κ2) is 7.22. The van der Waals surface area contributed by atoms with Crippen LogP contribution in [-0.2, 0) is 0 Å². The summed E-state index contributed by atoms with van der Waals surface area (Å²) in [6.45, 7) is 0. The smallest absolute Gasteiger partial charge is 0.273 e. The molecule has 2 aromatic rings. The number of allylic oxidation sites excluding steroid dienone is 3. The number of pyridine rings is 1. The number of benzene rings is 1. The van der Waals surface area contributed by atoms with Gasteiger partial charge in [0.05, 0.1) is 0 Å². The molecule has 0 spiro atoms. The van der Waals surface area contributed by atoms with Crippen LogP contribution in [0.2, 0.25) is 0 Å².